The van der Waals surface area contributed by atoms with Crippen LogP contribution in [0.2, 0.25) is 0 Å². The van der Waals surface area contributed by atoms with E-state index in [-0.39, 0.29) is 29.9 Å². The second kappa shape index (κ2) is 6.65. The SMILES string of the molecule is C=C1C(=O)O[C@@H]2C[C@H](C)C([C@H](C[C@H](C)O)OC(C)=O)=CC[C@H]12. The van der Waals surface area contributed by atoms with Crippen molar-refractivity contribution < 1.29 is 24.2 Å². The molecule has 1 saturated heterocycles. The summed E-state index contributed by atoms with van der Waals surface area (Å²) in [5.74, 6) is -0.563. The Morgan fingerprint density at radius 3 is 2.86 bits per heavy atom. The van der Waals surface area contributed by atoms with Crippen molar-refractivity contribution in [2.75, 3.05) is 0 Å². The first-order chi connectivity index (χ1) is 10.3. The molecular formula is C17H24O5. The quantitative estimate of drug-likeness (QED) is 0.489. The second-order valence-corrected chi connectivity index (χ2v) is 6.33. The Kier molecular flexibility index (Phi) is 5.06. The lowest BCUT2D eigenvalue weighted by Crippen LogP contribution is -2.27. The van der Waals surface area contributed by atoms with E-state index in [1.807, 2.05) is 13.0 Å². The summed E-state index contributed by atoms with van der Waals surface area (Å²) in [5, 5.41) is 9.66. The molecule has 0 saturated carbocycles. The number of ether oxygens (including phenoxy) is 2. The summed E-state index contributed by atoms with van der Waals surface area (Å²) in [4.78, 5) is 23.0. The molecule has 1 fully saturated rings. The van der Waals surface area contributed by atoms with E-state index in [1.54, 1.807) is 6.92 Å². The summed E-state index contributed by atoms with van der Waals surface area (Å²) < 4.78 is 10.8. The van der Waals surface area contributed by atoms with Gasteiger partial charge in [-0.15, -0.1) is 0 Å². The molecule has 0 amide bonds. The molecule has 122 valence electrons. The van der Waals surface area contributed by atoms with Crippen LogP contribution in [-0.2, 0) is 19.1 Å². The third-order valence-corrected chi connectivity index (χ3v) is 4.41. The zero-order valence-electron chi connectivity index (χ0n) is 13.4. The van der Waals surface area contributed by atoms with Gasteiger partial charge in [-0.3, -0.25) is 4.79 Å². The third kappa shape index (κ3) is 3.58. The summed E-state index contributed by atoms with van der Waals surface area (Å²) in [5.41, 5.74) is 1.52. The lowest BCUT2D eigenvalue weighted by Gasteiger charge is -2.26. The Labute approximate surface area is 131 Å². The Balaban J connectivity index is 2.21. The van der Waals surface area contributed by atoms with E-state index >= 15 is 0 Å². The molecule has 2 rings (SSSR count). The normalized spacial score (nSPS) is 30.7. The van der Waals surface area contributed by atoms with Crippen LogP contribution in [0.25, 0.3) is 0 Å². The van der Waals surface area contributed by atoms with Crippen LogP contribution >= 0.6 is 0 Å². The molecule has 0 bridgehead atoms. The fourth-order valence-electron chi connectivity index (χ4n) is 3.34. The summed E-state index contributed by atoms with van der Waals surface area (Å²) in [7, 11) is 0. The van der Waals surface area contributed by atoms with Crippen LogP contribution in [-0.4, -0.2) is 35.4 Å². The average molecular weight is 308 g/mol. The molecule has 0 spiro atoms. The monoisotopic (exact) mass is 308 g/mol. The van der Waals surface area contributed by atoms with Crippen molar-refractivity contribution in [3.63, 3.8) is 0 Å². The highest BCUT2D eigenvalue weighted by atomic mass is 16.6. The second-order valence-electron chi connectivity index (χ2n) is 6.33. The van der Waals surface area contributed by atoms with Crippen LogP contribution in [0, 0.1) is 11.8 Å². The van der Waals surface area contributed by atoms with E-state index in [0.717, 1.165) is 5.57 Å². The average Bonchev–Trinajstić information content (AvgIpc) is 2.56. The molecule has 0 aromatic heterocycles. The van der Waals surface area contributed by atoms with Crippen LogP contribution in [0.15, 0.2) is 23.8 Å². The van der Waals surface area contributed by atoms with Gasteiger partial charge in [-0.25, -0.2) is 4.79 Å². The zero-order chi connectivity index (χ0) is 16.4. The number of fused-ring (bicyclic) bond motifs is 1. The molecule has 1 aliphatic heterocycles. The highest BCUT2D eigenvalue weighted by Gasteiger charge is 2.41. The molecule has 22 heavy (non-hydrogen) atoms. The third-order valence-electron chi connectivity index (χ3n) is 4.41. The number of carbonyl (C=O) groups excluding carboxylic acids is 2. The van der Waals surface area contributed by atoms with Gasteiger partial charge < -0.3 is 14.6 Å². The highest BCUT2D eigenvalue weighted by molar-refractivity contribution is 5.90. The van der Waals surface area contributed by atoms with Gasteiger partial charge in [0.05, 0.1) is 6.10 Å². The summed E-state index contributed by atoms with van der Waals surface area (Å²) in [6, 6.07) is 0. The van der Waals surface area contributed by atoms with E-state index in [0.29, 0.717) is 24.8 Å². The van der Waals surface area contributed by atoms with E-state index in [2.05, 4.69) is 6.58 Å². The van der Waals surface area contributed by atoms with Gasteiger partial charge in [-0.1, -0.05) is 19.6 Å². The minimum Gasteiger partial charge on any atom is -0.458 e. The van der Waals surface area contributed by atoms with Crippen molar-refractivity contribution in [3.8, 4) is 0 Å². The number of esters is 2. The fraction of sp³-hybridized carbons (Fsp3) is 0.647. The molecule has 0 radical (unpaired) electrons. The topological polar surface area (TPSA) is 72.8 Å². The van der Waals surface area contributed by atoms with Crippen LogP contribution in [0.1, 0.15) is 40.0 Å². The maximum Gasteiger partial charge on any atom is 0.334 e. The number of hydrogen-bond acceptors (Lipinski definition) is 5. The van der Waals surface area contributed by atoms with Crippen LogP contribution in [0.5, 0.6) is 0 Å². The van der Waals surface area contributed by atoms with Gasteiger partial charge in [0.25, 0.3) is 0 Å². The zero-order valence-corrected chi connectivity index (χ0v) is 13.4. The minimum absolute atomic E-state index is 0.00280. The molecule has 0 aromatic carbocycles. The van der Waals surface area contributed by atoms with E-state index in [4.69, 9.17) is 9.47 Å². The predicted molar refractivity (Wildman–Crippen MR) is 80.8 cm³/mol. The van der Waals surface area contributed by atoms with Crippen molar-refractivity contribution in [2.24, 2.45) is 11.8 Å². The number of carbonyl (C=O) groups is 2. The van der Waals surface area contributed by atoms with Crippen molar-refractivity contribution in [1.82, 2.24) is 0 Å². The van der Waals surface area contributed by atoms with Crippen molar-refractivity contribution in [2.45, 2.75) is 58.3 Å². The molecule has 1 aliphatic carbocycles. The fourth-order valence-corrected chi connectivity index (χ4v) is 3.34. The highest BCUT2D eigenvalue weighted by Crippen LogP contribution is 2.39. The van der Waals surface area contributed by atoms with E-state index < -0.39 is 12.2 Å². The van der Waals surface area contributed by atoms with Crippen LogP contribution in [0.3, 0.4) is 0 Å². The van der Waals surface area contributed by atoms with Gasteiger partial charge in [0.2, 0.25) is 0 Å². The summed E-state index contributed by atoms with van der Waals surface area (Å²) >= 11 is 0. The summed E-state index contributed by atoms with van der Waals surface area (Å²) in [6.45, 7) is 8.90. The first-order valence-electron chi connectivity index (χ1n) is 7.74. The molecule has 5 nitrogen and oxygen atoms in total. The lowest BCUT2D eigenvalue weighted by molar-refractivity contribution is -0.145. The molecule has 0 aromatic rings. The van der Waals surface area contributed by atoms with Gasteiger partial charge in [0.1, 0.15) is 12.2 Å². The number of hydrogen-bond donors (Lipinski definition) is 1. The largest absolute Gasteiger partial charge is 0.458 e. The van der Waals surface area contributed by atoms with Crippen LogP contribution < -0.4 is 0 Å². The maximum atomic E-state index is 11.6. The lowest BCUT2D eigenvalue weighted by atomic mass is 9.88. The standard InChI is InChI=1S/C17H24O5/c1-9-7-15-14(11(3)17(20)22-15)6-5-13(9)16(8-10(2)18)21-12(4)19/h5,9-10,14-16,18H,3,6-8H2,1-2,4H3/t9-,10-,14+,15+,16-/m0/s1. The molecule has 2 aliphatic rings. The Morgan fingerprint density at radius 2 is 2.27 bits per heavy atom. The number of rotatable bonds is 4. The molecular weight excluding hydrogens is 284 g/mol. The summed E-state index contributed by atoms with van der Waals surface area (Å²) in [6.07, 6.45) is 2.56. The van der Waals surface area contributed by atoms with Gasteiger partial charge in [-0.05, 0) is 31.3 Å². The van der Waals surface area contributed by atoms with Crippen molar-refractivity contribution in [3.05, 3.63) is 23.8 Å². The van der Waals surface area contributed by atoms with Crippen molar-refractivity contribution in [1.29, 1.82) is 0 Å². The van der Waals surface area contributed by atoms with Gasteiger partial charge in [-0.2, -0.15) is 0 Å². The first-order valence-corrected chi connectivity index (χ1v) is 7.74. The number of aliphatic hydroxyl groups excluding tert-OH is 1. The number of aliphatic hydroxyl groups is 1. The molecule has 5 atom stereocenters. The van der Waals surface area contributed by atoms with Gasteiger partial charge in [0, 0.05) is 24.8 Å². The Hall–Kier alpha value is -1.62. The Bertz CT molecular complexity index is 505. The molecule has 1 heterocycles. The van der Waals surface area contributed by atoms with Gasteiger partial charge >= 0.3 is 11.9 Å². The van der Waals surface area contributed by atoms with Crippen LogP contribution in [0.4, 0.5) is 0 Å². The minimum atomic E-state index is -0.562. The number of allylic oxidation sites excluding steroid dienone is 1. The Morgan fingerprint density at radius 1 is 1.59 bits per heavy atom. The molecule has 0 unspecified atom stereocenters. The maximum absolute atomic E-state index is 11.6. The van der Waals surface area contributed by atoms with E-state index in [1.165, 1.54) is 6.92 Å². The molecule has 5 heteroatoms. The smallest absolute Gasteiger partial charge is 0.334 e. The molecule has 1 N–H and O–H groups in total. The van der Waals surface area contributed by atoms with Crippen molar-refractivity contribution >= 4 is 11.9 Å². The predicted octanol–water partition coefficient (Wildman–Crippen LogP) is 2.14. The van der Waals surface area contributed by atoms with Gasteiger partial charge in [0.15, 0.2) is 0 Å². The first kappa shape index (κ1) is 16.7. The van der Waals surface area contributed by atoms with E-state index in [9.17, 15) is 14.7 Å².